The number of aliphatic hydroxyl groups excluding tert-OH is 3. The number of hydrogen-bond acceptors (Lipinski definition) is 9. The van der Waals surface area contributed by atoms with Gasteiger partial charge in [-0.2, -0.15) is 16.8 Å². The van der Waals surface area contributed by atoms with E-state index in [0.717, 1.165) is 38.5 Å². The predicted molar refractivity (Wildman–Crippen MR) is 146 cm³/mol. The van der Waals surface area contributed by atoms with Crippen LogP contribution in [0.5, 0.6) is 0 Å². The minimum Gasteiger partial charge on any atom is -0.396 e. The van der Waals surface area contributed by atoms with Crippen LogP contribution < -0.4 is 0 Å². The second-order valence-corrected chi connectivity index (χ2v) is 15.9. The summed E-state index contributed by atoms with van der Waals surface area (Å²) in [7, 11) is -9.26. The largest absolute Gasteiger partial charge is 0.397 e. The van der Waals surface area contributed by atoms with Crippen molar-refractivity contribution in [2.45, 2.75) is 103 Å². The first-order valence-electron chi connectivity index (χ1n) is 14.7. The second-order valence-electron chi connectivity index (χ2n) is 13.7. The van der Waals surface area contributed by atoms with Gasteiger partial charge in [-0.05, 0) is 111 Å². The zero-order valence-electron chi connectivity index (χ0n) is 23.8. The summed E-state index contributed by atoms with van der Waals surface area (Å²) >= 11 is 0. The first-order chi connectivity index (χ1) is 18.5. The molecule has 0 amide bonds. The van der Waals surface area contributed by atoms with Crippen LogP contribution in [0.15, 0.2) is 0 Å². The summed E-state index contributed by atoms with van der Waals surface area (Å²) in [5.74, 6) is 1.00. The van der Waals surface area contributed by atoms with E-state index in [1.807, 2.05) is 0 Å². The van der Waals surface area contributed by atoms with E-state index in [-0.39, 0.29) is 47.7 Å². The molecule has 0 aliphatic heterocycles. The first kappa shape index (κ1) is 32.5. The molecule has 4 saturated carbocycles. The molecule has 4 aliphatic carbocycles. The van der Waals surface area contributed by atoms with E-state index in [1.165, 1.54) is 0 Å². The molecule has 6 unspecified atom stereocenters. The first-order valence-corrected chi connectivity index (χ1v) is 17.5. The maximum atomic E-state index is 11.5. The molecular formula is C27H48O11S2. The number of aliphatic hydroxyl groups is 3. The summed E-state index contributed by atoms with van der Waals surface area (Å²) in [6.07, 6.45) is 4.66. The average Bonchev–Trinajstić information content (AvgIpc) is 3.19. The van der Waals surface area contributed by atoms with E-state index < -0.39 is 39.1 Å². The third-order valence-electron chi connectivity index (χ3n) is 11.8. The van der Waals surface area contributed by atoms with Crippen LogP contribution in [-0.4, -0.2) is 72.8 Å². The Morgan fingerprint density at radius 1 is 0.925 bits per heavy atom. The molecule has 5 N–H and O–H groups in total. The van der Waals surface area contributed by atoms with Crippen molar-refractivity contribution in [2.75, 3.05) is 13.2 Å². The monoisotopic (exact) mass is 612 g/mol. The van der Waals surface area contributed by atoms with Crippen molar-refractivity contribution < 1.29 is 49.6 Å². The summed E-state index contributed by atoms with van der Waals surface area (Å²) in [6, 6.07) is 0. The molecule has 12 atom stereocenters. The van der Waals surface area contributed by atoms with E-state index in [2.05, 4.69) is 13.8 Å². The Kier molecular flexibility index (Phi) is 9.72. The van der Waals surface area contributed by atoms with Crippen LogP contribution in [0.4, 0.5) is 0 Å². The van der Waals surface area contributed by atoms with Gasteiger partial charge in [0.2, 0.25) is 0 Å². The standard InChI is InChI=1S/C27H48O11S2/c1-16(14-28)23(29)9-4-17(15-37-39(31,32)33)20-7-8-21-19-6-5-18-12-25(38-40(34,35)36)24(30)13-27(18,3)22(19)10-11-26(20,21)2/h16-25,28-30H,4-15H2,1-3H3,(H,31,32,33)(H,34,35,36)/t16?,17-,18?,19?,20+,21?,22?,23?,24-,25-,26+,27-/m0/s1. The van der Waals surface area contributed by atoms with Gasteiger partial charge in [-0.15, -0.1) is 0 Å². The van der Waals surface area contributed by atoms with Crippen molar-refractivity contribution in [2.24, 2.45) is 52.3 Å². The molecule has 13 heteroatoms. The molecule has 4 rings (SSSR count). The molecule has 11 nitrogen and oxygen atoms in total. The fourth-order valence-corrected chi connectivity index (χ4v) is 10.6. The van der Waals surface area contributed by atoms with E-state index in [0.29, 0.717) is 43.4 Å². The quantitative estimate of drug-likeness (QED) is 0.216. The molecule has 0 saturated heterocycles. The van der Waals surface area contributed by atoms with E-state index in [4.69, 9.17) is 8.37 Å². The third-order valence-corrected chi connectivity index (χ3v) is 12.7. The minimum atomic E-state index is -4.65. The SMILES string of the molecule is CC(CO)C(O)CC[C@@H](COS(=O)(=O)O)[C@H]1CCC2C3CCC4C[C@H](OS(=O)(=O)O)[C@@H](O)C[C@]4(C)C3CC[C@@]21C. The minimum absolute atomic E-state index is 0.0744. The molecular weight excluding hydrogens is 564 g/mol. The highest BCUT2D eigenvalue weighted by molar-refractivity contribution is 7.81. The van der Waals surface area contributed by atoms with Gasteiger partial charge in [0.1, 0.15) is 6.10 Å². The molecule has 234 valence electrons. The molecule has 4 aliphatic rings. The Labute approximate surface area is 238 Å². The average molecular weight is 613 g/mol. The molecule has 0 aromatic rings. The lowest BCUT2D eigenvalue weighted by molar-refractivity contribution is -0.157. The summed E-state index contributed by atoms with van der Waals surface area (Å²) in [5.41, 5.74) is -0.256. The van der Waals surface area contributed by atoms with Gasteiger partial charge < -0.3 is 15.3 Å². The molecule has 0 aromatic carbocycles. The highest BCUT2D eigenvalue weighted by Gasteiger charge is 2.62. The smallest absolute Gasteiger partial charge is 0.396 e. The van der Waals surface area contributed by atoms with Crippen LogP contribution in [0.1, 0.15) is 85.0 Å². The fourth-order valence-electron chi connectivity index (χ4n) is 9.70. The zero-order valence-corrected chi connectivity index (χ0v) is 25.4. The summed E-state index contributed by atoms with van der Waals surface area (Å²) in [6.45, 7) is 5.97. The number of fused-ring (bicyclic) bond motifs is 5. The molecule has 0 heterocycles. The van der Waals surface area contributed by atoms with Crippen molar-refractivity contribution in [3.05, 3.63) is 0 Å². The molecule has 4 fully saturated rings. The highest BCUT2D eigenvalue weighted by Crippen LogP contribution is 2.68. The summed E-state index contributed by atoms with van der Waals surface area (Å²) in [4.78, 5) is 0. The normalized spacial score (nSPS) is 42.4. The Bertz CT molecular complexity index is 1100. The lowest BCUT2D eigenvalue weighted by Crippen LogP contribution is -2.57. The van der Waals surface area contributed by atoms with Gasteiger partial charge in [-0.3, -0.25) is 9.11 Å². The lowest BCUT2D eigenvalue weighted by atomic mass is 9.44. The van der Waals surface area contributed by atoms with Gasteiger partial charge in [-0.25, -0.2) is 8.37 Å². The molecule has 0 spiro atoms. The Morgan fingerprint density at radius 3 is 2.23 bits per heavy atom. The molecule has 0 radical (unpaired) electrons. The number of hydrogen-bond donors (Lipinski definition) is 5. The van der Waals surface area contributed by atoms with Gasteiger partial charge in [0.15, 0.2) is 0 Å². The summed E-state index contributed by atoms with van der Waals surface area (Å²) in [5, 5.41) is 30.8. The van der Waals surface area contributed by atoms with Crippen LogP contribution in [0, 0.1) is 52.3 Å². The third kappa shape index (κ3) is 6.72. The zero-order chi connectivity index (χ0) is 29.7. The van der Waals surface area contributed by atoms with Gasteiger partial charge in [0.05, 0.1) is 18.8 Å². The van der Waals surface area contributed by atoms with Crippen molar-refractivity contribution in [3.63, 3.8) is 0 Å². The molecule has 40 heavy (non-hydrogen) atoms. The van der Waals surface area contributed by atoms with Gasteiger partial charge >= 0.3 is 20.8 Å². The van der Waals surface area contributed by atoms with Crippen LogP contribution in [-0.2, 0) is 29.2 Å². The van der Waals surface area contributed by atoms with E-state index >= 15 is 0 Å². The van der Waals surface area contributed by atoms with Crippen LogP contribution in [0.25, 0.3) is 0 Å². The van der Waals surface area contributed by atoms with Crippen molar-refractivity contribution in [3.8, 4) is 0 Å². The number of rotatable bonds is 11. The highest BCUT2D eigenvalue weighted by atomic mass is 32.3. The van der Waals surface area contributed by atoms with Crippen LogP contribution in [0.3, 0.4) is 0 Å². The van der Waals surface area contributed by atoms with E-state index in [9.17, 15) is 41.3 Å². The Morgan fingerprint density at radius 2 is 1.60 bits per heavy atom. The molecule has 0 bridgehead atoms. The Balaban J connectivity index is 1.51. The van der Waals surface area contributed by atoms with E-state index in [1.54, 1.807) is 6.92 Å². The van der Waals surface area contributed by atoms with Crippen LogP contribution >= 0.6 is 0 Å². The lowest BCUT2D eigenvalue weighted by Gasteiger charge is -2.62. The second kappa shape index (κ2) is 12.0. The topological polar surface area (TPSA) is 188 Å². The van der Waals surface area contributed by atoms with Gasteiger partial charge in [-0.1, -0.05) is 20.8 Å². The van der Waals surface area contributed by atoms with Crippen LogP contribution in [0.2, 0.25) is 0 Å². The van der Waals surface area contributed by atoms with Crippen molar-refractivity contribution in [1.82, 2.24) is 0 Å². The summed E-state index contributed by atoms with van der Waals surface area (Å²) < 4.78 is 73.8. The van der Waals surface area contributed by atoms with Crippen molar-refractivity contribution in [1.29, 1.82) is 0 Å². The van der Waals surface area contributed by atoms with Crippen molar-refractivity contribution >= 4 is 20.8 Å². The molecule has 0 aromatic heterocycles. The maximum absolute atomic E-state index is 11.5. The Hall–Kier alpha value is -0.380. The predicted octanol–water partition coefficient (Wildman–Crippen LogP) is 3.01. The van der Waals surface area contributed by atoms with Gasteiger partial charge in [0, 0.05) is 12.5 Å². The maximum Gasteiger partial charge on any atom is 0.397 e. The fraction of sp³-hybridized carbons (Fsp3) is 1.00. The van der Waals surface area contributed by atoms with Gasteiger partial charge in [0.25, 0.3) is 0 Å².